The quantitative estimate of drug-likeness (QED) is 0.662. The average Bonchev–Trinajstić information content (AvgIpc) is 2.48. The van der Waals surface area contributed by atoms with E-state index in [0.29, 0.717) is 17.1 Å². The van der Waals surface area contributed by atoms with E-state index in [0.717, 1.165) is 5.56 Å². The monoisotopic (exact) mass is 272 g/mol. The summed E-state index contributed by atoms with van der Waals surface area (Å²) in [5, 5.41) is 19.2. The molecule has 0 aliphatic rings. The van der Waals surface area contributed by atoms with Crippen LogP contribution in [0, 0.1) is 0 Å². The summed E-state index contributed by atoms with van der Waals surface area (Å²) >= 11 is 0. The second-order valence-corrected chi connectivity index (χ2v) is 4.19. The van der Waals surface area contributed by atoms with E-state index < -0.39 is 0 Å². The van der Waals surface area contributed by atoms with E-state index in [2.05, 4.69) is 0 Å². The fourth-order valence-electron chi connectivity index (χ4n) is 1.79. The SMILES string of the molecule is COc1cc(/C=C/c2cccc(O)c2O)cc(OC)c1. The van der Waals surface area contributed by atoms with Crippen molar-refractivity contribution in [2.24, 2.45) is 0 Å². The van der Waals surface area contributed by atoms with E-state index in [-0.39, 0.29) is 11.5 Å². The van der Waals surface area contributed by atoms with Crippen LogP contribution in [0.15, 0.2) is 36.4 Å². The third-order valence-corrected chi connectivity index (χ3v) is 2.88. The van der Waals surface area contributed by atoms with E-state index >= 15 is 0 Å². The van der Waals surface area contributed by atoms with Gasteiger partial charge in [0.25, 0.3) is 0 Å². The summed E-state index contributed by atoms with van der Waals surface area (Å²) in [5.41, 5.74) is 1.40. The molecule has 0 atom stereocenters. The van der Waals surface area contributed by atoms with Crippen LogP contribution < -0.4 is 9.47 Å². The summed E-state index contributed by atoms with van der Waals surface area (Å²) in [6.07, 6.45) is 3.52. The van der Waals surface area contributed by atoms with Crippen LogP contribution in [0.5, 0.6) is 23.0 Å². The Morgan fingerprint density at radius 3 is 2.15 bits per heavy atom. The number of hydrogen-bond acceptors (Lipinski definition) is 4. The van der Waals surface area contributed by atoms with E-state index in [1.54, 1.807) is 44.6 Å². The van der Waals surface area contributed by atoms with Crippen molar-refractivity contribution in [3.8, 4) is 23.0 Å². The minimum Gasteiger partial charge on any atom is -0.504 e. The standard InChI is InChI=1S/C16H16O4/c1-19-13-8-11(9-14(10-13)20-2)6-7-12-4-3-5-15(17)16(12)18/h3-10,17-18H,1-2H3/b7-6+. The minimum atomic E-state index is -0.143. The van der Waals surface area contributed by atoms with Crippen LogP contribution >= 0.6 is 0 Å². The van der Waals surface area contributed by atoms with E-state index in [1.807, 2.05) is 12.1 Å². The largest absolute Gasteiger partial charge is 0.504 e. The smallest absolute Gasteiger partial charge is 0.164 e. The minimum absolute atomic E-state index is 0.140. The van der Waals surface area contributed by atoms with Crippen molar-refractivity contribution < 1.29 is 19.7 Å². The second-order valence-electron chi connectivity index (χ2n) is 4.19. The summed E-state index contributed by atoms with van der Waals surface area (Å²) in [6, 6.07) is 10.3. The van der Waals surface area contributed by atoms with E-state index in [9.17, 15) is 10.2 Å². The molecule has 0 fully saturated rings. The van der Waals surface area contributed by atoms with Gasteiger partial charge in [-0.1, -0.05) is 24.3 Å². The molecule has 0 amide bonds. The highest BCUT2D eigenvalue weighted by molar-refractivity contribution is 5.74. The zero-order valence-corrected chi connectivity index (χ0v) is 11.3. The first-order valence-corrected chi connectivity index (χ1v) is 6.06. The zero-order valence-electron chi connectivity index (χ0n) is 11.3. The highest BCUT2D eigenvalue weighted by atomic mass is 16.5. The summed E-state index contributed by atoms with van der Waals surface area (Å²) in [5.74, 6) is 1.09. The molecule has 0 unspecified atom stereocenters. The Labute approximate surface area is 117 Å². The lowest BCUT2D eigenvalue weighted by atomic mass is 10.1. The van der Waals surface area contributed by atoms with Crippen LogP contribution in [-0.2, 0) is 0 Å². The third-order valence-electron chi connectivity index (χ3n) is 2.88. The first-order chi connectivity index (χ1) is 9.63. The molecule has 0 saturated carbocycles. The molecule has 0 aliphatic heterocycles. The van der Waals surface area contributed by atoms with Crippen molar-refractivity contribution in [3.63, 3.8) is 0 Å². The number of methoxy groups -OCH3 is 2. The molecule has 0 aliphatic carbocycles. The Morgan fingerprint density at radius 2 is 1.55 bits per heavy atom. The molecule has 0 saturated heterocycles. The number of aromatic hydroxyl groups is 2. The molecule has 0 heterocycles. The highest BCUT2D eigenvalue weighted by Gasteiger charge is 2.03. The first kappa shape index (κ1) is 13.8. The molecule has 0 aromatic heterocycles. The first-order valence-electron chi connectivity index (χ1n) is 6.06. The normalized spacial score (nSPS) is 10.7. The van der Waals surface area contributed by atoms with Crippen LogP contribution in [0.4, 0.5) is 0 Å². The van der Waals surface area contributed by atoms with Gasteiger partial charge in [0.15, 0.2) is 11.5 Å². The molecule has 0 bridgehead atoms. The van der Waals surface area contributed by atoms with Gasteiger partial charge in [0.05, 0.1) is 14.2 Å². The van der Waals surface area contributed by atoms with Gasteiger partial charge in [-0.15, -0.1) is 0 Å². The van der Waals surface area contributed by atoms with Crippen LogP contribution in [0.2, 0.25) is 0 Å². The fraction of sp³-hybridized carbons (Fsp3) is 0.125. The number of rotatable bonds is 4. The van der Waals surface area contributed by atoms with Gasteiger partial charge in [0.2, 0.25) is 0 Å². The van der Waals surface area contributed by atoms with Crippen LogP contribution in [0.3, 0.4) is 0 Å². The number of phenolic OH excluding ortho intramolecular Hbond substituents is 2. The molecule has 20 heavy (non-hydrogen) atoms. The van der Waals surface area contributed by atoms with Crippen LogP contribution in [0.25, 0.3) is 12.2 Å². The van der Waals surface area contributed by atoms with Crippen molar-refractivity contribution in [2.45, 2.75) is 0 Å². The van der Waals surface area contributed by atoms with Crippen molar-refractivity contribution in [1.29, 1.82) is 0 Å². The highest BCUT2D eigenvalue weighted by Crippen LogP contribution is 2.30. The predicted octanol–water partition coefficient (Wildman–Crippen LogP) is 3.29. The van der Waals surface area contributed by atoms with E-state index in [1.165, 1.54) is 6.07 Å². The topological polar surface area (TPSA) is 58.9 Å². The number of para-hydroxylation sites is 1. The van der Waals surface area contributed by atoms with Gasteiger partial charge >= 0.3 is 0 Å². The second kappa shape index (κ2) is 6.02. The fourth-order valence-corrected chi connectivity index (χ4v) is 1.79. The van der Waals surface area contributed by atoms with Gasteiger partial charge in [-0.3, -0.25) is 0 Å². The predicted molar refractivity (Wildman–Crippen MR) is 78.2 cm³/mol. The number of hydrogen-bond donors (Lipinski definition) is 2. The summed E-state index contributed by atoms with van der Waals surface area (Å²) < 4.78 is 10.4. The lowest BCUT2D eigenvalue weighted by Crippen LogP contribution is -1.88. The van der Waals surface area contributed by atoms with Gasteiger partial charge in [0, 0.05) is 11.6 Å². The lowest BCUT2D eigenvalue weighted by Gasteiger charge is -2.06. The van der Waals surface area contributed by atoms with Gasteiger partial charge in [-0.05, 0) is 23.8 Å². The summed E-state index contributed by atoms with van der Waals surface area (Å²) in [6.45, 7) is 0. The number of phenols is 2. The molecule has 0 spiro atoms. The van der Waals surface area contributed by atoms with E-state index in [4.69, 9.17) is 9.47 Å². The lowest BCUT2D eigenvalue weighted by molar-refractivity contribution is 0.394. The summed E-state index contributed by atoms with van der Waals surface area (Å²) in [4.78, 5) is 0. The van der Waals surface area contributed by atoms with Gasteiger partial charge in [-0.2, -0.15) is 0 Å². The van der Waals surface area contributed by atoms with Gasteiger partial charge in [0.1, 0.15) is 11.5 Å². The Kier molecular flexibility index (Phi) is 4.15. The third kappa shape index (κ3) is 3.03. The van der Waals surface area contributed by atoms with Crippen molar-refractivity contribution in [2.75, 3.05) is 14.2 Å². The van der Waals surface area contributed by atoms with Gasteiger partial charge in [-0.25, -0.2) is 0 Å². The van der Waals surface area contributed by atoms with Crippen LogP contribution in [0.1, 0.15) is 11.1 Å². The molecule has 104 valence electrons. The number of ether oxygens (including phenoxy) is 2. The average molecular weight is 272 g/mol. The molecule has 2 aromatic rings. The molecule has 2 aromatic carbocycles. The molecule has 2 N–H and O–H groups in total. The molecular weight excluding hydrogens is 256 g/mol. The maximum Gasteiger partial charge on any atom is 0.164 e. The Morgan fingerprint density at radius 1 is 0.900 bits per heavy atom. The maximum absolute atomic E-state index is 9.73. The molecule has 4 heteroatoms. The number of benzene rings is 2. The Balaban J connectivity index is 2.33. The summed E-state index contributed by atoms with van der Waals surface area (Å²) in [7, 11) is 3.17. The zero-order chi connectivity index (χ0) is 14.5. The Hall–Kier alpha value is -2.62. The van der Waals surface area contributed by atoms with Crippen molar-refractivity contribution in [3.05, 3.63) is 47.5 Å². The molecule has 4 nitrogen and oxygen atoms in total. The molecule has 0 radical (unpaired) electrons. The van der Waals surface area contributed by atoms with Gasteiger partial charge < -0.3 is 19.7 Å². The maximum atomic E-state index is 9.73. The van der Waals surface area contributed by atoms with Crippen molar-refractivity contribution >= 4 is 12.2 Å². The molecule has 2 rings (SSSR count). The molecular formula is C16H16O4. The van der Waals surface area contributed by atoms with Crippen LogP contribution in [-0.4, -0.2) is 24.4 Å². The van der Waals surface area contributed by atoms with Crippen molar-refractivity contribution in [1.82, 2.24) is 0 Å². The Bertz CT molecular complexity index is 610.